The Bertz CT molecular complexity index is 672. The van der Waals surface area contributed by atoms with Crippen molar-refractivity contribution in [2.75, 3.05) is 0 Å². The molecule has 96 valence electrons. The SMILES string of the molecule is CC(C)c1nn(CC(=O)O)c(=O)c2cc(Cl)cn12. The van der Waals surface area contributed by atoms with Crippen LogP contribution in [-0.4, -0.2) is 25.3 Å². The molecular weight excluding hydrogens is 258 g/mol. The van der Waals surface area contributed by atoms with E-state index in [4.69, 9.17) is 16.7 Å². The van der Waals surface area contributed by atoms with Gasteiger partial charge in [0.15, 0.2) is 0 Å². The summed E-state index contributed by atoms with van der Waals surface area (Å²) in [5, 5.41) is 13.3. The van der Waals surface area contributed by atoms with Gasteiger partial charge in [-0.1, -0.05) is 25.4 Å². The highest BCUT2D eigenvalue weighted by molar-refractivity contribution is 6.31. The molecule has 0 unspecified atom stereocenters. The van der Waals surface area contributed by atoms with Crippen molar-refractivity contribution in [2.24, 2.45) is 0 Å². The van der Waals surface area contributed by atoms with Crippen LogP contribution in [0.25, 0.3) is 5.52 Å². The van der Waals surface area contributed by atoms with Crippen LogP contribution in [0.1, 0.15) is 25.6 Å². The molecule has 2 aromatic rings. The van der Waals surface area contributed by atoms with E-state index in [1.165, 1.54) is 6.07 Å². The molecule has 7 heteroatoms. The van der Waals surface area contributed by atoms with E-state index < -0.39 is 18.1 Å². The van der Waals surface area contributed by atoms with E-state index in [9.17, 15) is 9.59 Å². The average Bonchev–Trinajstić information content (AvgIpc) is 2.63. The van der Waals surface area contributed by atoms with Gasteiger partial charge in [-0.25, -0.2) is 4.68 Å². The van der Waals surface area contributed by atoms with Crippen LogP contribution in [0, 0.1) is 0 Å². The zero-order valence-corrected chi connectivity index (χ0v) is 10.7. The number of nitrogens with zero attached hydrogens (tertiary/aromatic N) is 3. The lowest BCUT2D eigenvalue weighted by atomic mass is 10.2. The fourth-order valence-electron chi connectivity index (χ4n) is 1.76. The Morgan fingerprint density at radius 2 is 2.22 bits per heavy atom. The molecular formula is C11H12ClN3O3. The monoisotopic (exact) mass is 269 g/mol. The molecule has 0 atom stereocenters. The highest BCUT2D eigenvalue weighted by Crippen LogP contribution is 2.17. The van der Waals surface area contributed by atoms with Crippen LogP contribution in [-0.2, 0) is 11.3 Å². The topological polar surface area (TPSA) is 76.6 Å². The zero-order chi connectivity index (χ0) is 13.4. The lowest BCUT2D eigenvalue weighted by Gasteiger charge is -2.11. The molecule has 0 saturated heterocycles. The number of hydrogen-bond donors (Lipinski definition) is 1. The first-order valence-corrected chi connectivity index (χ1v) is 5.78. The Balaban J connectivity index is 2.78. The third kappa shape index (κ3) is 2.11. The first kappa shape index (κ1) is 12.6. The Labute approximate surface area is 107 Å². The summed E-state index contributed by atoms with van der Waals surface area (Å²) in [6.07, 6.45) is 1.60. The minimum absolute atomic E-state index is 0.0385. The first-order chi connectivity index (χ1) is 8.40. The van der Waals surface area contributed by atoms with Crippen LogP contribution < -0.4 is 5.56 Å². The van der Waals surface area contributed by atoms with Gasteiger partial charge in [0.2, 0.25) is 0 Å². The van der Waals surface area contributed by atoms with Crippen molar-refractivity contribution in [3.05, 3.63) is 33.5 Å². The number of halogens is 1. The van der Waals surface area contributed by atoms with Gasteiger partial charge in [0.25, 0.3) is 5.56 Å². The molecule has 0 aliphatic heterocycles. The summed E-state index contributed by atoms with van der Waals surface area (Å²) >= 11 is 5.88. The number of aliphatic carboxylic acids is 1. The molecule has 0 spiro atoms. The van der Waals surface area contributed by atoms with Crippen molar-refractivity contribution in [1.82, 2.24) is 14.2 Å². The number of hydrogen-bond acceptors (Lipinski definition) is 3. The Hall–Kier alpha value is -1.82. The minimum Gasteiger partial charge on any atom is -0.480 e. The minimum atomic E-state index is -1.11. The molecule has 0 amide bonds. The molecule has 0 fully saturated rings. The van der Waals surface area contributed by atoms with E-state index in [0.29, 0.717) is 16.4 Å². The number of carboxylic acid groups (broad SMARTS) is 1. The van der Waals surface area contributed by atoms with Gasteiger partial charge in [-0.2, -0.15) is 5.10 Å². The molecule has 2 heterocycles. The summed E-state index contributed by atoms with van der Waals surface area (Å²) in [4.78, 5) is 22.7. The molecule has 1 N–H and O–H groups in total. The average molecular weight is 270 g/mol. The Morgan fingerprint density at radius 1 is 1.56 bits per heavy atom. The lowest BCUT2D eigenvalue weighted by Crippen LogP contribution is -2.30. The van der Waals surface area contributed by atoms with Gasteiger partial charge in [-0.05, 0) is 6.07 Å². The fraction of sp³-hybridized carbons (Fsp3) is 0.364. The molecule has 0 radical (unpaired) electrons. The molecule has 0 aliphatic carbocycles. The van der Waals surface area contributed by atoms with Gasteiger partial charge in [0.05, 0.1) is 5.02 Å². The van der Waals surface area contributed by atoms with Crippen LogP contribution in [0.3, 0.4) is 0 Å². The van der Waals surface area contributed by atoms with E-state index >= 15 is 0 Å². The molecule has 0 saturated carbocycles. The van der Waals surface area contributed by atoms with Crippen molar-refractivity contribution in [3.63, 3.8) is 0 Å². The van der Waals surface area contributed by atoms with Gasteiger partial charge in [-0.15, -0.1) is 0 Å². The second-order valence-corrected chi connectivity index (χ2v) is 4.72. The largest absolute Gasteiger partial charge is 0.480 e. The summed E-state index contributed by atoms with van der Waals surface area (Å²) in [6.45, 7) is 3.36. The molecule has 0 aliphatic rings. The van der Waals surface area contributed by atoms with Crippen LogP contribution >= 0.6 is 11.6 Å². The summed E-state index contributed by atoms with van der Waals surface area (Å²) in [5.41, 5.74) is -0.131. The van der Waals surface area contributed by atoms with Crippen LogP contribution in [0.4, 0.5) is 0 Å². The van der Waals surface area contributed by atoms with Crippen LogP contribution in [0.5, 0.6) is 0 Å². The van der Waals surface area contributed by atoms with Gasteiger partial charge in [-0.3, -0.25) is 14.0 Å². The Morgan fingerprint density at radius 3 is 2.78 bits per heavy atom. The predicted octanol–water partition coefficient (Wildman–Crippen LogP) is 1.36. The van der Waals surface area contributed by atoms with Gasteiger partial charge in [0, 0.05) is 12.1 Å². The lowest BCUT2D eigenvalue weighted by molar-refractivity contribution is -0.138. The van der Waals surface area contributed by atoms with Gasteiger partial charge in [0.1, 0.15) is 17.9 Å². The maximum absolute atomic E-state index is 12.0. The summed E-state index contributed by atoms with van der Waals surface area (Å²) in [7, 11) is 0. The molecule has 6 nitrogen and oxygen atoms in total. The van der Waals surface area contributed by atoms with Crippen LogP contribution in [0.15, 0.2) is 17.1 Å². The second kappa shape index (κ2) is 4.45. The first-order valence-electron chi connectivity index (χ1n) is 5.40. The van der Waals surface area contributed by atoms with Gasteiger partial charge >= 0.3 is 5.97 Å². The molecule has 2 rings (SSSR count). The maximum atomic E-state index is 12.0. The zero-order valence-electron chi connectivity index (χ0n) is 9.92. The molecule has 0 aromatic carbocycles. The maximum Gasteiger partial charge on any atom is 0.325 e. The normalized spacial score (nSPS) is 11.3. The van der Waals surface area contributed by atoms with Crippen molar-refractivity contribution in [3.8, 4) is 0 Å². The van der Waals surface area contributed by atoms with E-state index in [-0.39, 0.29) is 5.92 Å². The molecule has 0 bridgehead atoms. The summed E-state index contributed by atoms with van der Waals surface area (Å²) < 4.78 is 2.55. The highest BCUT2D eigenvalue weighted by Gasteiger charge is 2.15. The van der Waals surface area contributed by atoms with Gasteiger partial charge < -0.3 is 5.11 Å². The number of fused-ring (bicyclic) bond motifs is 1. The van der Waals surface area contributed by atoms with E-state index in [1.54, 1.807) is 10.6 Å². The fourth-order valence-corrected chi connectivity index (χ4v) is 1.96. The number of aromatic nitrogens is 3. The van der Waals surface area contributed by atoms with E-state index in [2.05, 4.69) is 5.10 Å². The van der Waals surface area contributed by atoms with Crippen molar-refractivity contribution >= 4 is 23.1 Å². The Kier molecular flexibility index (Phi) is 3.13. The summed E-state index contributed by atoms with van der Waals surface area (Å²) in [6, 6.07) is 1.51. The highest BCUT2D eigenvalue weighted by atomic mass is 35.5. The standard InChI is InChI=1S/C11H12ClN3O3/c1-6(2)10-13-15(5-9(16)17)11(18)8-3-7(12)4-14(8)10/h3-4,6H,5H2,1-2H3,(H,16,17). The smallest absolute Gasteiger partial charge is 0.325 e. The molecule has 18 heavy (non-hydrogen) atoms. The van der Waals surface area contributed by atoms with E-state index in [1.807, 2.05) is 13.8 Å². The van der Waals surface area contributed by atoms with Crippen molar-refractivity contribution in [1.29, 1.82) is 0 Å². The predicted molar refractivity (Wildman–Crippen MR) is 66.2 cm³/mol. The quantitative estimate of drug-likeness (QED) is 0.913. The second-order valence-electron chi connectivity index (χ2n) is 4.28. The summed E-state index contributed by atoms with van der Waals surface area (Å²) in [5.74, 6) is -0.476. The van der Waals surface area contributed by atoms with Crippen LogP contribution in [0.2, 0.25) is 5.02 Å². The third-order valence-corrected chi connectivity index (χ3v) is 2.72. The number of carbonyl (C=O) groups is 1. The third-order valence-electron chi connectivity index (χ3n) is 2.51. The van der Waals surface area contributed by atoms with Crippen molar-refractivity contribution < 1.29 is 9.90 Å². The number of carboxylic acids is 1. The van der Waals surface area contributed by atoms with Crippen molar-refractivity contribution in [2.45, 2.75) is 26.3 Å². The van der Waals surface area contributed by atoms with E-state index in [0.717, 1.165) is 4.68 Å². The molecule has 2 aromatic heterocycles. The number of rotatable bonds is 3.